The van der Waals surface area contributed by atoms with Crippen LogP contribution in [-0.4, -0.2) is 114 Å². The van der Waals surface area contributed by atoms with E-state index in [-0.39, 0.29) is 41.8 Å². The quantitative estimate of drug-likeness (QED) is 0.304. The maximum absolute atomic E-state index is 5.65. The van der Waals surface area contributed by atoms with Gasteiger partial charge in [-0.25, -0.2) is 0 Å². The summed E-state index contributed by atoms with van der Waals surface area (Å²) >= 11 is 2.96. The minimum absolute atomic E-state index is 0.0316. The van der Waals surface area contributed by atoms with Crippen molar-refractivity contribution in [3.05, 3.63) is 0 Å². The average molecular weight is 832 g/mol. The van der Waals surface area contributed by atoms with Crippen LogP contribution < -0.4 is 0 Å². The monoisotopic (exact) mass is 842 g/mol. The van der Waals surface area contributed by atoms with E-state index in [4.69, 9.17) is 5.37 Å². The van der Waals surface area contributed by atoms with Crippen LogP contribution >= 0.6 is 0 Å². The van der Waals surface area contributed by atoms with Gasteiger partial charge in [0.15, 0.2) is 0 Å². The van der Waals surface area contributed by atoms with Crippen LogP contribution in [0.4, 0.5) is 0 Å². The van der Waals surface area contributed by atoms with E-state index in [1.807, 2.05) is 43.6 Å². The van der Waals surface area contributed by atoms with Crippen molar-refractivity contribution >= 4 is 114 Å². The zero-order valence-corrected chi connectivity index (χ0v) is 20.6. The Hall–Kier alpha value is 3.42. The molecule has 0 rings (SSSR count). The fourth-order valence-electron chi connectivity index (χ4n) is 0.384. The molecule has 0 N–H and O–H groups in total. The summed E-state index contributed by atoms with van der Waals surface area (Å²) in [6, 6.07) is 0. The molecule has 0 aliphatic carbocycles. The molecule has 0 fully saturated rings. The molecule has 0 amide bonds. The molecule has 74 valence electrons. The van der Waals surface area contributed by atoms with Gasteiger partial charge in [0.25, 0.3) is 0 Å². The molecule has 0 heterocycles. The summed E-state index contributed by atoms with van der Waals surface area (Å²) in [4.78, 5) is 0. The third-order valence-electron chi connectivity index (χ3n) is 0.774. The molecular weight excluding hydrogens is 822 g/mol. The number of hydrogen-bond donors (Lipinski definition) is 0. The molecule has 2 radical (unpaired) electrons. The Labute approximate surface area is 139 Å². The maximum atomic E-state index is 5.65. The van der Waals surface area contributed by atoms with Crippen LogP contribution in [0.25, 0.3) is 0 Å². The van der Waals surface area contributed by atoms with E-state index in [0.717, 1.165) is 0 Å². The summed E-state index contributed by atoms with van der Waals surface area (Å²) in [6.07, 6.45) is 0. The first-order valence-electron chi connectivity index (χ1n) is 3.62. The van der Waals surface area contributed by atoms with Gasteiger partial charge >= 0.3 is 142 Å². The van der Waals surface area contributed by atoms with Crippen LogP contribution in [-0.2, 0) is 5.37 Å². The van der Waals surface area contributed by atoms with Crippen LogP contribution in [0.5, 0.6) is 0 Å². The predicted octanol–water partition coefficient (Wildman–Crippen LogP) is -0.650. The average Bonchev–Trinajstić information content (AvgIpc) is 2.05. The van der Waals surface area contributed by atoms with Crippen molar-refractivity contribution in [2.24, 2.45) is 0 Å². The van der Waals surface area contributed by atoms with Crippen LogP contribution in [0.3, 0.4) is 0 Å². The fourth-order valence-corrected chi connectivity index (χ4v) is 13.8. The molecule has 0 aromatic heterocycles. The minimum atomic E-state index is -1.20. The Morgan fingerprint density at radius 1 is 1.08 bits per heavy atom. The van der Waals surface area contributed by atoms with Crippen molar-refractivity contribution < 1.29 is 5.37 Å². The van der Waals surface area contributed by atoms with Gasteiger partial charge in [-0.1, -0.05) is 0 Å². The van der Waals surface area contributed by atoms with Gasteiger partial charge in [0.05, 0.1) is 0 Å². The van der Waals surface area contributed by atoms with E-state index < -0.39 is 25.1 Å². The van der Waals surface area contributed by atoms with E-state index in [0.29, 0.717) is 0 Å². The Morgan fingerprint density at radius 3 is 1.77 bits per heavy atom. The predicted molar refractivity (Wildman–Crippen MR) is 61.9 cm³/mol. The second-order valence-corrected chi connectivity index (χ2v) is 18.1. The first-order chi connectivity index (χ1) is 6.20. The molecule has 13 heavy (non-hydrogen) atoms. The number of hydrogen-bond acceptors (Lipinski definition) is 2. The van der Waals surface area contributed by atoms with Crippen molar-refractivity contribution in [2.75, 3.05) is 0 Å². The molecule has 0 aliphatic heterocycles. The molecular formula is C6H10O2PbTe4. The fraction of sp³-hybridized carbons (Fsp3) is 0.667. The summed E-state index contributed by atoms with van der Waals surface area (Å²) in [5, 5.41) is 0. The first-order valence-corrected chi connectivity index (χ1v) is 14.8. The second kappa shape index (κ2) is 11.9. The Morgan fingerprint density at radius 2 is 1.46 bits per heavy atom. The summed E-state index contributed by atoms with van der Waals surface area (Å²) in [7, 11) is 0. The SMILES string of the molecule is CC[Te]C(=[Te])[O][Pb][O]C(=[Te])[Te]CC. The van der Waals surface area contributed by atoms with Crippen LogP contribution in [0, 0.1) is 0 Å². The van der Waals surface area contributed by atoms with Crippen molar-refractivity contribution in [3.8, 4) is 0 Å². The Kier molecular flexibility index (Phi) is 15.0. The van der Waals surface area contributed by atoms with Gasteiger partial charge in [0.2, 0.25) is 0 Å². The van der Waals surface area contributed by atoms with E-state index in [9.17, 15) is 0 Å². The van der Waals surface area contributed by atoms with E-state index in [1.165, 1.54) is 12.5 Å². The molecule has 0 aromatic carbocycles. The Balaban J connectivity index is 3.33. The van der Waals surface area contributed by atoms with Gasteiger partial charge in [0, 0.05) is 0 Å². The zero-order chi connectivity index (χ0) is 10.1. The van der Waals surface area contributed by atoms with Gasteiger partial charge in [0.1, 0.15) is 0 Å². The van der Waals surface area contributed by atoms with Crippen molar-refractivity contribution in [1.29, 1.82) is 0 Å². The van der Waals surface area contributed by atoms with Crippen LogP contribution in [0.15, 0.2) is 0 Å². The van der Waals surface area contributed by atoms with Crippen LogP contribution in [0.1, 0.15) is 13.8 Å². The zero-order valence-electron chi connectivity index (χ0n) is 7.36. The van der Waals surface area contributed by atoms with Gasteiger partial charge in [-0.05, 0) is 0 Å². The molecule has 0 bridgehead atoms. The summed E-state index contributed by atoms with van der Waals surface area (Å²) in [6.45, 7) is 4.46. The molecule has 0 aromatic rings. The van der Waals surface area contributed by atoms with E-state index in [2.05, 4.69) is 13.8 Å². The van der Waals surface area contributed by atoms with E-state index >= 15 is 0 Å². The number of rotatable bonds is 8. The molecule has 0 aliphatic rings. The summed E-state index contributed by atoms with van der Waals surface area (Å²) < 4.78 is 16.5. The van der Waals surface area contributed by atoms with Gasteiger partial charge in [-0.2, -0.15) is 0 Å². The molecule has 0 saturated carbocycles. The third kappa shape index (κ3) is 11.7. The van der Waals surface area contributed by atoms with Crippen molar-refractivity contribution in [1.82, 2.24) is 0 Å². The molecule has 0 unspecified atom stereocenters. The van der Waals surface area contributed by atoms with E-state index in [1.54, 1.807) is 0 Å². The Bertz CT molecular complexity index is 158. The van der Waals surface area contributed by atoms with Crippen molar-refractivity contribution in [2.45, 2.75) is 22.8 Å². The summed E-state index contributed by atoms with van der Waals surface area (Å²) in [5.41, 5.74) is 0. The van der Waals surface area contributed by atoms with Gasteiger partial charge < -0.3 is 0 Å². The topological polar surface area (TPSA) is 18.5 Å². The summed E-state index contributed by atoms with van der Waals surface area (Å²) in [5.74, 6) is 0. The molecule has 2 nitrogen and oxygen atoms in total. The van der Waals surface area contributed by atoms with Crippen LogP contribution in [0.2, 0.25) is 8.94 Å². The van der Waals surface area contributed by atoms with Gasteiger partial charge in [-0.3, -0.25) is 0 Å². The first kappa shape index (κ1) is 16.4. The molecule has 7 heteroatoms. The standard InChI is InChI=1S/2C3H6OTe2.Pb/c2*1-2-6-3(4)5;/h2*2H2,1H3,(H,4,5);/q;;+2/p-2. The second-order valence-electron chi connectivity index (χ2n) is 1.65. The van der Waals surface area contributed by atoms with Crippen molar-refractivity contribution in [3.63, 3.8) is 0 Å². The van der Waals surface area contributed by atoms with Gasteiger partial charge in [-0.15, -0.1) is 0 Å². The normalized spacial score (nSPS) is 9.38. The molecule has 0 saturated heterocycles. The third-order valence-corrected chi connectivity index (χ3v) is 18.6. The molecule has 0 spiro atoms. The molecule has 0 atom stereocenters.